The van der Waals surface area contributed by atoms with E-state index in [2.05, 4.69) is 15.9 Å². The van der Waals surface area contributed by atoms with Crippen LogP contribution in [0.5, 0.6) is 0 Å². The van der Waals surface area contributed by atoms with Crippen molar-refractivity contribution in [2.75, 3.05) is 11.4 Å². The third-order valence-electron chi connectivity index (χ3n) is 2.64. The average molecular weight is 270 g/mol. The zero-order valence-corrected chi connectivity index (χ0v) is 9.99. The van der Waals surface area contributed by atoms with Crippen molar-refractivity contribution in [3.05, 3.63) is 28.2 Å². The number of aliphatic hydroxyl groups is 1. The Balaban J connectivity index is 2.31. The lowest BCUT2D eigenvalue weighted by molar-refractivity contribution is -0.123. The molecule has 1 aromatic carbocycles. The number of benzene rings is 1. The van der Waals surface area contributed by atoms with E-state index >= 15 is 0 Å². The van der Waals surface area contributed by atoms with Gasteiger partial charge < -0.3 is 10.0 Å². The summed E-state index contributed by atoms with van der Waals surface area (Å²) in [6, 6.07) is 5.76. The average Bonchev–Trinajstić information content (AvgIpc) is 2.53. The van der Waals surface area contributed by atoms with Gasteiger partial charge in [-0.05, 0) is 24.6 Å². The van der Waals surface area contributed by atoms with E-state index < -0.39 is 6.10 Å². The van der Waals surface area contributed by atoms with Crippen molar-refractivity contribution < 1.29 is 9.90 Å². The standard InChI is InChI=1S/C11H12BrNO2/c1-7-2-3-8(6-9(7)12)13-5-4-10(14)11(13)15/h2-3,6,10,14H,4-5H2,1H3. The fraction of sp³-hybridized carbons (Fsp3) is 0.364. The first-order valence-electron chi connectivity index (χ1n) is 4.85. The van der Waals surface area contributed by atoms with Gasteiger partial charge in [0.2, 0.25) is 0 Å². The molecule has 0 saturated carbocycles. The highest BCUT2D eigenvalue weighted by Crippen LogP contribution is 2.26. The van der Waals surface area contributed by atoms with E-state index in [0.29, 0.717) is 13.0 Å². The molecule has 2 rings (SSSR count). The van der Waals surface area contributed by atoms with Gasteiger partial charge in [-0.1, -0.05) is 22.0 Å². The van der Waals surface area contributed by atoms with Gasteiger partial charge in [-0.3, -0.25) is 4.79 Å². The van der Waals surface area contributed by atoms with E-state index in [9.17, 15) is 9.90 Å². The maximum atomic E-state index is 11.6. The number of hydrogen-bond donors (Lipinski definition) is 1. The van der Waals surface area contributed by atoms with Crippen molar-refractivity contribution in [3.8, 4) is 0 Å². The minimum absolute atomic E-state index is 0.203. The second kappa shape index (κ2) is 3.94. The minimum Gasteiger partial charge on any atom is -0.383 e. The van der Waals surface area contributed by atoms with Crippen LogP contribution < -0.4 is 4.90 Å². The SMILES string of the molecule is Cc1ccc(N2CCC(O)C2=O)cc1Br. The summed E-state index contributed by atoms with van der Waals surface area (Å²) in [5.74, 6) is -0.203. The Labute approximate surface area is 96.8 Å². The van der Waals surface area contributed by atoms with Crippen LogP contribution in [0.15, 0.2) is 22.7 Å². The molecule has 1 heterocycles. The quantitative estimate of drug-likeness (QED) is 0.846. The van der Waals surface area contributed by atoms with Crippen LogP contribution in [0.2, 0.25) is 0 Å². The Morgan fingerprint density at radius 2 is 2.27 bits per heavy atom. The van der Waals surface area contributed by atoms with Gasteiger partial charge in [-0.25, -0.2) is 0 Å². The van der Waals surface area contributed by atoms with Crippen molar-refractivity contribution in [2.24, 2.45) is 0 Å². The highest BCUT2D eigenvalue weighted by Gasteiger charge is 2.30. The summed E-state index contributed by atoms with van der Waals surface area (Å²) in [5.41, 5.74) is 1.97. The topological polar surface area (TPSA) is 40.5 Å². The Kier molecular flexibility index (Phi) is 2.80. The van der Waals surface area contributed by atoms with Crippen molar-refractivity contribution in [1.29, 1.82) is 0 Å². The zero-order valence-electron chi connectivity index (χ0n) is 8.40. The van der Waals surface area contributed by atoms with Crippen molar-refractivity contribution in [3.63, 3.8) is 0 Å². The first-order valence-corrected chi connectivity index (χ1v) is 5.64. The second-order valence-corrected chi connectivity index (χ2v) is 4.58. The van der Waals surface area contributed by atoms with Crippen LogP contribution in [-0.2, 0) is 4.79 Å². The van der Waals surface area contributed by atoms with Gasteiger partial charge in [0.25, 0.3) is 5.91 Å². The second-order valence-electron chi connectivity index (χ2n) is 3.73. The molecule has 1 atom stereocenters. The lowest BCUT2D eigenvalue weighted by atomic mass is 10.2. The molecule has 1 fully saturated rings. The predicted molar refractivity (Wildman–Crippen MR) is 61.9 cm³/mol. The summed E-state index contributed by atoms with van der Waals surface area (Å²) < 4.78 is 0.981. The molecule has 1 unspecified atom stereocenters. The first-order chi connectivity index (χ1) is 7.09. The number of aliphatic hydroxyl groups excluding tert-OH is 1. The number of aryl methyl sites for hydroxylation is 1. The number of hydrogen-bond acceptors (Lipinski definition) is 2. The van der Waals surface area contributed by atoms with Crippen molar-refractivity contribution in [1.82, 2.24) is 0 Å². The van der Waals surface area contributed by atoms with Crippen LogP contribution >= 0.6 is 15.9 Å². The molecule has 1 aliphatic rings. The van der Waals surface area contributed by atoms with Crippen LogP contribution in [-0.4, -0.2) is 23.7 Å². The van der Waals surface area contributed by atoms with E-state index in [4.69, 9.17) is 0 Å². The van der Waals surface area contributed by atoms with Gasteiger partial charge >= 0.3 is 0 Å². The Morgan fingerprint density at radius 1 is 1.53 bits per heavy atom. The predicted octanol–water partition coefficient (Wildman–Crippen LogP) is 1.86. The third kappa shape index (κ3) is 1.92. The van der Waals surface area contributed by atoms with Crippen molar-refractivity contribution >= 4 is 27.5 Å². The molecule has 1 saturated heterocycles. The molecule has 1 aromatic rings. The Morgan fingerprint density at radius 3 is 2.80 bits per heavy atom. The van der Waals surface area contributed by atoms with Crippen LogP contribution in [0.3, 0.4) is 0 Å². The minimum atomic E-state index is -0.829. The molecule has 1 N–H and O–H groups in total. The largest absolute Gasteiger partial charge is 0.383 e. The maximum absolute atomic E-state index is 11.6. The Bertz CT molecular complexity index is 406. The fourth-order valence-electron chi connectivity index (χ4n) is 1.67. The van der Waals surface area contributed by atoms with Gasteiger partial charge in [-0.15, -0.1) is 0 Å². The molecule has 0 spiro atoms. The summed E-state index contributed by atoms with van der Waals surface area (Å²) >= 11 is 3.43. The lowest BCUT2D eigenvalue weighted by Crippen LogP contribution is -2.29. The highest BCUT2D eigenvalue weighted by molar-refractivity contribution is 9.10. The van der Waals surface area contributed by atoms with Crippen LogP contribution in [0.1, 0.15) is 12.0 Å². The molecule has 0 aromatic heterocycles. The van der Waals surface area contributed by atoms with E-state index in [1.54, 1.807) is 4.90 Å². The molecule has 80 valence electrons. The van der Waals surface area contributed by atoms with Gasteiger partial charge in [0, 0.05) is 23.1 Å². The van der Waals surface area contributed by atoms with Gasteiger partial charge in [-0.2, -0.15) is 0 Å². The number of carbonyl (C=O) groups excluding carboxylic acids is 1. The summed E-state index contributed by atoms with van der Waals surface area (Å²) in [4.78, 5) is 13.2. The highest BCUT2D eigenvalue weighted by atomic mass is 79.9. The van der Waals surface area contributed by atoms with E-state index in [1.165, 1.54) is 0 Å². The molecule has 4 heteroatoms. The summed E-state index contributed by atoms with van der Waals surface area (Å²) in [7, 11) is 0. The van der Waals surface area contributed by atoms with Gasteiger partial charge in [0.1, 0.15) is 6.10 Å². The Hall–Kier alpha value is -0.870. The first kappa shape index (κ1) is 10.6. The third-order valence-corrected chi connectivity index (χ3v) is 3.50. The molecule has 3 nitrogen and oxygen atoms in total. The number of carbonyl (C=O) groups is 1. The van der Waals surface area contributed by atoms with Crippen LogP contribution in [0.25, 0.3) is 0 Å². The van der Waals surface area contributed by atoms with Crippen molar-refractivity contribution in [2.45, 2.75) is 19.4 Å². The van der Waals surface area contributed by atoms with E-state index in [1.807, 2.05) is 25.1 Å². The summed E-state index contributed by atoms with van der Waals surface area (Å²) in [6.45, 7) is 2.59. The number of rotatable bonds is 1. The number of nitrogens with zero attached hydrogens (tertiary/aromatic N) is 1. The number of halogens is 1. The number of anilines is 1. The molecule has 0 radical (unpaired) electrons. The molecule has 1 aliphatic heterocycles. The maximum Gasteiger partial charge on any atom is 0.255 e. The van der Waals surface area contributed by atoms with Gasteiger partial charge in [0.15, 0.2) is 0 Å². The van der Waals surface area contributed by atoms with Crippen LogP contribution in [0, 0.1) is 6.92 Å². The van der Waals surface area contributed by atoms with E-state index in [-0.39, 0.29) is 5.91 Å². The lowest BCUT2D eigenvalue weighted by Gasteiger charge is -2.16. The molecule has 0 aliphatic carbocycles. The number of amides is 1. The fourth-order valence-corrected chi connectivity index (χ4v) is 2.04. The molecular weight excluding hydrogens is 258 g/mol. The smallest absolute Gasteiger partial charge is 0.255 e. The molecule has 15 heavy (non-hydrogen) atoms. The molecular formula is C11H12BrNO2. The zero-order chi connectivity index (χ0) is 11.0. The normalized spacial score (nSPS) is 21.1. The molecule has 1 amide bonds. The summed E-state index contributed by atoms with van der Waals surface area (Å²) in [5, 5.41) is 9.35. The summed E-state index contributed by atoms with van der Waals surface area (Å²) in [6.07, 6.45) is -0.310. The van der Waals surface area contributed by atoms with Crippen LogP contribution in [0.4, 0.5) is 5.69 Å². The van der Waals surface area contributed by atoms with Gasteiger partial charge in [0.05, 0.1) is 0 Å². The van der Waals surface area contributed by atoms with E-state index in [0.717, 1.165) is 15.7 Å². The molecule has 0 bridgehead atoms. The monoisotopic (exact) mass is 269 g/mol.